The summed E-state index contributed by atoms with van der Waals surface area (Å²) in [6.45, 7) is 12.6. The molecule has 1 N–H and O–H groups in total. The molecule has 1 unspecified atom stereocenters. The van der Waals surface area contributed by atoms with Gasteiger partial charge in [-0.3, -0.25) is 0 Å². The van der Waals surface area contributed by atoms with Gasteiger partial charge in [-0.1, -0.05) is 53.9 Å². The molecule has 0 aromatic heterocycles. The zero-order valence-electron chi connectivity index (χ0n) is 21.2. The molecule has 176 valence electrons. The van der Waals surface area contributed by atoms with E-state index >= 15 is 0 Å². The van der Waals surface area contributed by atoms with E-state index in [9.17, 15) is 5.11 Å². The summed E-state index contributed by atoms with van der Waals surface area (Å²) in [6.07, 6.45) is 21.3. The molecule has 4 saturated carbocycles. The second-order valence-corrected chi connectivity index (χ2v) is 13.4. The Kier molecular flexibility index (Phi) is 6.91. The fourth-order valence-electron chi connectivity index (χ4n) is 9.81. The minimum atomic E-state index is -0.165. The average molecular weight is 427 g/mol. The second-order valence-electron chi connectivity index (χ2n) is 13.4. The highest BCUT2D eigenvalue weighted by Gasteiger charge is 2.61. The van der Waals surface area contributed by atoms with Crippen LogP contribution in [0.15, 0.2) is 0 Å². The quantitative estimate of drug-likeness (QED) is 0.431. The first-order valence-corrected chi connectivity index (χ1v) is 13.8. The summed E-state index contributed by atoms with van der Waals surface area (Å²) >= 11 is 0. The van der Waals surface area contributed by atoms with Gasteiger partial charge in [0.05, 0.1) is 6.10 Å². The summed E-state index contributed by atoms with van der Waals surface area (Å²) in [7, 11) is 0. The molecule has 0 amide bonds. The Hall–Kier alpha value is -0.480. The minimum absolute atomic E-state index is 0.165. The van der Waals surface area contributed by atoms with Crippen molar-refractivity contribution in [2.24, 2.45) is 58.2 Å². The van der Waals surface area contributed by atoms with Crippen molar-refractivity contribution < 1.29 is 5.11 Å². The molecule has 0 radical (unpaired) electrons. The molecular formula is C30H50O. The van der Waals surface area contributed by atoms with E-state index in [4.69, 9.17) is 6.42 Å². The van der Waals surface area contributed by atoms with E-state index in [-0.39, 0.29) is 6.10 Å². The number of fused-ring (bicyclic) bond motifs is 5. The number of hydrogen-bond donors (Lipinski definition) is 1. The summed E-state index contributed by atoms with van der Waals surface area (Å²) in [6, 6.07) is 0. The third kappa shape index (κ3) is 4.14. The first-order valence-electron chi connectivity index (χ1n) is 13.8. The van der Waals surface area contributed by atoms with E-state index < -0.39 is 0 Å². The third-order valence-electron chi connectivity index (χ3n) is 11.4. The first kappa shape index (κ1) is 23.7. The largest absolute Gasteiger partial charge is 0.393 e. The average Bonchev–Trinajstić information content (AvgIpc) is 3.06. The van der Waals surface area contributed by atoms with Gasteiger partial charge in [0.15, 0.2) is 0 Å². The molecule has 4 aliphatic carbocycles. The van der Waals surface area contributed by atoms with Crippen molar-refractivity contribution in [2.45, 2.75) is 118 Å². The molecule has 1 nitrogen and oxygen atoms in total. The van der Waals surface area contributed by atoms with Crippen molar-refractivity contribution in [3.05, 3.63) is 0 Å². The summed E-state index contributed by atoms with van der Waals surface area (Å²) in [5.74, 6) is 9.34. The molecule has 4 aliphatic rings. The molecule has 0 aliphatic heterocycles. The standard InChI is InChI=1S/C30H50O/c1-7-9-22-19-30(6)23(18-28(22)31)12-13-24-26-15-14-25(21(4)11-8-10-20(2)3)29(26,5)17-16-27(24)30/h1,20-28,31H,8-19H2,2-6H3/t21-,22?,23-,24+,25-,26+,27+,28+,29-,30+/m1/s1. The number of aliphatic hydroxyl groups is 1. The van der Waals surface area contributed by atoms with Crippen molar-refractivity contribution in [1.29, 1.82) is 0 Å². The van der Waals surface area contributed by atoms with Crippen LogP contribution in [0, 0.1) is 70.5 Å². The number of hydrogen-bond acceptors (Lipinski definition) is 1. The van der Waals surface area contributed by atoms with Gasteiger partial charge in [0.1, 0.15) is 0 Å². The lowest BCUT2D eigenvalue weighted by Crippen LogP contribution is -2.55. The van der Waals surface area contributed by atoms with E-state index in [2.05, 4.69) is 40.5 Å². The van der Waals surface area contributed by atoms with E-state index in [1.165, 1.54) is 64.2 Å². The molecule has 4 rings (SSSR count). The molecule has 0 aromatic rings. The number of terminal acetylenes is 1. The van der Waals surface area contributed by atoms with Crippen LogP contribution in [-0.4, -0.2) is 11.2 Å². The van der Waals surface area contributed by atoms with Gasteiger partial charge in [0.2, 0.25) is 0 Å². The maximum absolute atomic E-state index is 10.7. The predicted molar refractivity (Wildman–Crippen MR) is 131 cm³/mol. The van der Waals surface area contributed by atoms with Gasteiger partial charge in [-0.15, -0.1) is 12.3 Å². The summed E-state index contributed by atoms with van der Waals surface area (Å²) < 4.78 is 0. The SMILES string of the molecule is C#CCC1C[C@@]2(C)[C@H](CC[C@@H]3[C@@H]2CC[C@]2(C)[C@@H]([C@H](C)CCCC(C)C)CC[C@@H]32)C[C@@H]1O. The highest BCUT2D eigenvalue weighted by Crippen LogP contribution is 2.68. The van der Waals surface area contributed by atoms with Crippen molar-refractivity contribution in [2.75, 3.05) is 0 Å². The molecule has 0 heterocycles. The van der Waals surface area contributed by atoms with E-state index in [1.807, 2.05) is 0 Å². The molecule has 1 heteroatoms. The molecular weight excluding hydrogens is 376 g/mol. The molecule has 0 spiro atoms. The van der Waals surface area contributed by atoms with Gasteiger partial charge in [0, 0.05) is 6.42 Å². The van der Waals surface area contributed by atoms with Crippen LogP contribution in [0.3, 0.4) is 0 Å². The van der Waals surface area contributed by atoms with Crippen LogP contribution < -0.4 is 0 Å². The lowest BCUT2D eigenvalue weighted by molar-refractivity contribution is -0.144. The highest BCUT2D eigenvalue weighted by molar-refractivity contribution is 5.11. The Morgan fingerprint density at radius 3 is 2.42 bits per heavy atom. The molecule has 0 bridgehead atoms. The molecule has 10 atom stereocenters. The second kappa shape index (κ2) is 9.05. The first-order chi connectivity index (χ1) is 14.7. The van der Waals surface area contributed by atoms with Gasteiger partial charge in [-0.2, -0.15) is 0 Å². The zero-order chi connectivity index (χ0) is 22.4. The topological polar surface area (TPSA) is 20.2 Å². The number of rotatable bonds is 6. The Bertz CT molecular complexity index is 660. The normalized spacial score (nSPS) is 47.9. The van der Waals surface area contributed by atoms with Crippen molar-refractivity contribution in [3.63, 3.8) is 0 Å². The molecule has 31 heavy (non-hydrogen) atoms. The lowest BCUT2D eigenvalue weighted by Gasteiger charge is -2.62. The predicted octanol–water partition coefficient (Wildman–Crippen LogP) is 7.72. The van der Waals surface area contributed by atoms with Crippen molar-refractivity contribution >= 4 is 0 Å². The van der Waals surface area contributed by atoms with Gasteiger partial charge >= 0.3 is 0 Å². The smallest absolute Gasteiger partial charge is 0.0580 e. The van der Waals surface area contributed by atoms with Crippen LogP contribution in [0.25, 0.3) is 0 Å². The molecule has 0 saturated heterocycles. The Morgan fingerprint density at radius 1 is 0.968 bits per heavy atom. The maximum Gasteiger partial charge on any atom is 0.0580 e. The van der Waals surface area contributed by atoms with Crippen LogP contribution in [0.1, 0.15) is 112 Å². The van der Waals surface area contributed by atoms with Gasteiger partial charge in [-0.05, 0) is 110 Å². The van der Waals surface area contributed by atoms with Crippen molar-refractivity contribution in [3.8, 4) is 12.3 Å². The summed E-state index contributed by atoms with van der Waals surface area (Å²) in [5, 5.41) is 10.7. The zero-order valence-corrected chi connectivity index (χ0v) is 21.2. The van der Waals surface area contributed by atoms with E-state index in [0.29, 0.717) is 22.7 Å². The van der Waals surface area contributed by atoms with Crippen LogP contribution in [0.5, 0.6) is 0 Å². The van der Waals surface area contributed by atoms with Crippen LogP contribution in [-0.2, 0) is 0 Å². The fraction of sp³-hybridized carbons (Fsp3) is 0.933. The van der Waals surface area contributed by atoms with Gasteiger partial charge in [-0.25, -0.2) is 0 Å². The lowest BCUT2D eigenvalue weighted by atomic mass is 9.43. The number of aliphatic hydroxyl groups excluding tert-OH is 1. The Balaban J connectivity index is 1.48. The van der Waals surface area contributed by atoms with Crippen molar-refractivity contribution in [1.82, 2.24) is 0 Å². The third-order valence-corrected chi connectivity index (χ3v) is 11.4. The molecule has 0 aromatic carbocycles. The highest BCUT2D eigenvalue weighted by atomic mass is 16.3. The van der Waals surface area contributed by atoms with Crippen LogP contribution in [0.2, 0.25) is 0 Å². The van der Waals surface area contributed by atoms with E-state index in [1.54, 1.807) is 0 Å². The Labute approximate surface area is 193 Å². The summed E-state index contributed by atoms with van der Waals surface area (Å²) in [5.41, 5.74) is 0.986. The fourth-order valence-corrected chi connectivity index (χ4v) is 9.81. The Morgan fingerprint density at radius 2 is 1.71 bits per heavy atom. The maximum atomic E-state index is 10.7. The van der Waals surface area contributed by atoms with Gasteiger partial charge in [0.25, 0.3) is 0 Å². The van der Waals surface area contributed by atoms with E-state index in [0.717, 1.165) is 48.3 Å². The monoisotopic (exact) mass is 426 g/mol. The summed E-state index contributed by atoms with van der Waals surface area (Å²) in [4.78, 5) is 0. The van der Waals surface area contributed by atoms with Crippen LogP contribution >= 0.6 is 0 Å². The molecule has 4 fully saturated rings. The minimum Gasteiger partial charge on any atom is -0.393 e. The van der Waals surface area contributed by atoms with Gasteiger partial charge < -0.3 is 5.11 Å². The van der Waals surface area contributed by atoms with Crippen LogP contribution in [0.4, 0.5) is 0 Å².